The summed E-state index contributed by atoms with van der Waals surface area (Å²) < 4.78 is 0. The van der Waals surface area contributed by atoms with Crippen LogP contribution >= 0.6 is 0 Å². The highest BCUT2D eigenvalue weighted by atomic mass is 15.1. The minimum atomic E-state index is 0.262. The molecule has 1 aromatic carbocycles. The summed E-state index contributed by atoms with van der Waals surface area (Å²) in [5, 5.41) is 0. The van der Waals surface area contributed by atoms with E-state index in [1.54, 1.807) is 0 Å². The number of rotatable bonds is 0. The molecule has 1 nitrogen and oxygen atoms in total. The average Bonchev–Trinajstić information content (AvgIpc) is 2.46. The highest BCUT2D eigenvalue weighted by Crippen LogP contribution is 2.32. The second kappa shape index (κ2) is 3.01. The Balaban J connectivity index is 2.45. The van der Waals surface area contributed by atoms with Crippen LogP contribution in [0.3, 0.4) is 0 Å². The first-order valence-corrected chi connectivity index (χ1v) is 5.33. The fourth-order valence-corrected chi connectivity index (χ4v) is 2.01. The largest absolute Gasteiger partial charge is 0.374 e. The van der Waals surface area contributed by atoms with E-state index in [1.165, 1.54) is 29.8 Å². The van der Waals surface area contributed by atoms with Crippen molar-refractivity contribution in [2.45, 2.75) is 32.6 Å². The minimum Gasteiger partial charge on any atom is -0.374 e. The third-order valence-corrected chi connectivity index (χ3v) is 3.08. The molecule has 1 heterocycles. The molecule has 1 aliphatic rings. The van der Waals surface area contributed by atoms with Gasteiger partial charge in [0.05, 0.1) is 0 Å². The maximum absolute atomic E-state index is 2.35. The van der Waals surface area contributed by atoms with Crippen molar-refractivity contribution in [3.8, 4) is 0 Å². The molecule has 1 aromatic rings. The quantitative estimate of drug-likeness (QED) is 0.606. The number of fused-ring (bicyclic) bond motifs is 1. The number of anilines is 1. The van der Waals surface area contributed by atoms with Crippen molar-refractivity contribution in [3.05, 3.63) is 29.3 Å². The Hall–Kier alpha value is -0.980. The van der Waals surface area contributed by atoms with Gasteiger partial charge in [0.1, 0.15) is 0 Å². The molecule has 0 saturated heterocycles. The van der Waals surface area contributed by atoms with E-state index in [-0.39, 0.29) is 5.41 Å². The summed E-state index contributed by atoms with van der Waals surface area (Å²) in [5.74, 6) is 0. The molecule has 0 unspecified atom stereocenters. The molecule has 0 saturated carbocycles. The van der Waals surface area contributed by atoms with Crippen LogP contribution in [0, 0.1) is 0 Å². The van der Waals surface area contributed by atoms with Gasteiger partial charge in [-0.15, -0.1) is 0 Å². The molecule has 1 heteroatoms. The van der Waals surface area contributed by atoms with Gasteiger partial charge in [-0.05, 0) is 29.0 Å². The van der Waals surface area contributed by atoms with Gasteiger partial charge < -0.3 is 4.90 Å². The topological polar surface area (TPSA) is 3.24 Å². The van der Waals surface area contributed by atoms with E-state index in [2.05, 4.69) is 50.9 Å². The zero-order chi connectivity index (χ0) is 10.3. The molecule has 0 N–H and O–H groups in total. The lowest BCUT2D eigenvalue weighted by Crippen LogP contribution is -2.15. The monoisotopic (exact) mass is 189 g/mol. The SMILES string of the molecule is CN1CCc2ccc(C(C)(C)C)cc21. The maximum Gasteiger partial charge on any atom is 0.0399 e. The van der Waals surface area contributed by atoms with Crippen molar-refractivity contribution in [3.63, 3.8) is 0 Å². The van der Waals surface area contributed by atoms with Crippen LogP contribution in [0.25, 0.3) is 0 Å². The summed E-state index contributed by atoms with van der Waals surface area (Å²) >= 11 is 0. The summed E-state index contributed by atoms with van der Waals surface area (Å²) in [6.45, 7) is 7.97. The molecule has 0 bridgehead atoms. The fraction of sp³-hybridized carbons (Fsp3) is 0.538. The third kappa shape index (κ3) is 1.52. The highest BCUT2D eigenvalue weighted by molar-refractivity contribution is 5.59. The van der Waals surface area contributed by atoms with E-state index >= 15 is 0 Å². The van der Waals surface area contributed by atoms with Crippen LogP contribution in [0.4, 0.5) is 5.69 Å². The first-order valence-electron chi connectivity index (χ1n) is 5.33. The van der Waals surface area contributed by atoms with Crippen molar-refractivity contribution >= 4 is 5.69 Å². The van der Waals surface area contributed by atoms with Gasteiger partial charge in [0.2, 0.25) is 0 Å². The maximum atomic E-state index is 2.35. The predicted octanol–water partition coefficient (Wildman–Crippen LogP) is 2.98. The fourth-order valence-electron chi connectivity index (χ4n) is 2.01. The van der Waals surface area contributed by atoms with Crippen LogP contribution in [0.5, 0.6) is 0 Å². The summed E-state index contributed by atoms with van der Waals surface area (Å²) in [5.41, 5.74) is 4.63. The van der Waals surface area contributed by atoms with Crippen LogP contribution in [-0.4, -0.2) is 13.6 Å². The summed E-state index contributed by atoms with van der Waals surface area (Å²) in [4.78, 5) is 2.35. The Bertz CT molecular complexity index is 347. The van der Waals surface area contributed by atoms with Crippen LogP contribution in [0.15, 0.2) is 18.2 Å². The Labute approximate surface area is 86.7 Å². The third-order valence-electron chi connectivity index (χ3n) is 3.08. The van der Waals surface area contributed by atoms with Gasteiger partial charge in [-0.2, -0.15) is 0 Å². The summed E-state index contributed by atoms with van der Waals surface area (Å²) in [7, 11) is 2.18. The van der Waals surface area contributed by atoms with E-state index in [0.29, 0.717) is 0 Å². The number of hydrogen-bond acceptors (Lipinski definition) is 1. The molecular formula is C13H19N. The number of benzene rings is 1. The van der Waals surface area contributed by atoms with E-state index in [0.717, 1.165) is 0 Å². The van der Waals surface area contributed by atoms with Crippen molar-refractivity contribution in [1.29, 1.82) is 0 Å². The highest BCUT2D eigenvalue weighted by Gasteiger charge is 2.19. The van der Waals surface area contributed by atoms with Gasteiger partial charge in [-0.3, -0.25) is 0 Å². The van der Waals surface area contributed by atoms with Gasteiger partial charge in [0.25, 0.3) is 0 Å². The van der Waals surface area contributed by atoms with Crippen molar-refractivity contribution in [2.75, 3.05) is 18.5 Å². The average molecular weight is 189 g/mol. The van der Waals surface area contributed by atoms with E-state index in [1.807, 2.05) is 0 Å². The summed E-state index contributed by atoms with van der Waals surface area (Å²) in [6.07, 6.45) is 1.20. The van der Waals surface area contributed by atoms with Crippen LogP contribution in [-0.2, 0) is 11.8 Å². The lowest BCUT2D eigenvalue weighted by molar-refractivity contribution is 0.590. The number of hydrogen-bond donors (Lipinski definition) is 0. The molecule has 0 atom stereocenters. The van der Waals surface area contributed by atoms with E-state index in [9.17, 15) is 0 Å². The molecule has 0 radical (unpaired) electrons. The Kier molecular flexibility index (Phi) is 2.06. The molecule has 0 aliphatic carbocycles. The lowest BCUT2D eigenvalue weighted by atomic mass is 9.86. The normalized spacial score (nSPS) is 15.9. The first-order chi connectivity index (χ1) is 6.48. The van der Waals surface area contributed by atoms with Crippen LogP contribution in [0.1, 0.15) is 31.9 Å². The van der Waals surface area contributed by atoms with Gasteiger partial charge in [-0.25, -0.2) is 0 Å². The second-order valence-corrected chi connectivity index (χ2v) is 5.27. The van der Waals surface area contributed by atoms with Crippen LogP contribution in [0.2, 0.25) is 0 Å². The van der Waals surface area contributed by atoms with Gasteiger partial charge in [-0.1, -0.05) is 32.9 Å². The summed E-state index contributed by atoms with van der Waals surface area (Å²) in [6, 6.07) is 6.92. The molecule has 1 aliphatic heterocycles. The molecule has 0 spiro atoms. The minimum absolute atomic E-state index is 0.262. The van der Waals surface area contributed by atoms with Gasteiger partial charge in [0, 0.05) is 19.3 Å². The standard InChI is InChI=1S/C13H19N/c1-13(2,3)11-6-5-10-7-8-14(4)12(10)9-11/h5-6,9H,7-8H2,1-4H3. The molecule has 14 heavy (non-hydrogen) atoms. The van der Waals surface area contributed by atoms with Gasteiger partial charge in [0.15, 0.2) is 0 Å². The van der Waals surface area contributed by atoms with Crippen molar-refractivity contribution < 1.29 is 0 Å². The van der Waals surface area contributed by atoms with Crippen LogP contribution < -0.4 is 4.90 Å². The van der Waals surface area contributed by atoms with Crippen molar-refractivity contribution in [1.82, 2.24) is 0 Å². The number of nitrogens with zero attached hydrogens (tertiary/aromatic N) is 1. The van der Waals surface area contributed by atoms with E-state index in [4.69, 9.17) is 0 Å². The molecule has 2 rings (SSSR count). The predicted molar refractivity (Wildman–Crippen MR) is 62.1 cm³/mol. The molecule has 76 valence electrons. The number of likely N-dealkylation sites (N-methyl/N-ethyl adjacent to an activating group) is 1. The molecule has 0 aromatic heterocycles. The van der Waals surface area contributed by atoms with E-state index < -0.39 is 0 Å². The van der Waals surface area contributed by atoms with Crippen molar-refractivity contribution in [2.24, 2.45) is 0 Å². The molecule has 0 fully saturated rings. The smallest absolute Gasteiger partial charge is 0.0399 e. The first kappa shape index (κ1) is 9.57. The molecular weight excluding hydrogens is 170 g/mol. The Morgan fingerprint density at radius 1 is 1.21 bits per heavy atom. The Morgan fingerprint density at radius 3 is 2.57 bits per heavy atom. The zero-order valence-electron chi connectivity index (χ0n) is 9.59. The lowest BCUT2D eigenvalue weighted by Gasteiger charge is -2.21. The second-order valence-electron chi connectivity index (χ2n) is 5.27. The Morgan fingerprint density at radius 2 is 1.93 bits per heavy atom. The molecule has 0 amide bonds. The zero-order valence-corrected chi connectivity index (χ0v) is 9.59. The van der Waals surface area contributed by atoms with Gasteiger partial charge >= 0.3 is 0 Å².